The summed E-state index contributed by atoms with van der Waals surface area (Å²) in [7, 11) is 1.42. The molecular weight excluding hydrogens is 128 g/mol. The minimum atomic E-state index is 0.125. The van der Waals surface area contributed by atoms with Crippen LogP contribution < -0.4 is 0 Å². The smallest absolute Gasteiger partial charge is 0.215 e. The molecule has 0 unspecified atom stereocenters. The van der Waals surface area contributed by atoms with Gasteiger partial charge in [0.2, 0.25) is 5.90 Å². The first-order valence-corrected chi connectivity index (χ1v) is 2.27. The van der Waals surface area contributed by atoms with Gasteiger partial charge in [-0.25, -0.2) is 0 Å². The third kappa shape index (κ3) is 2.43. The summed E-state index contributed by atoms with van der Waals surface area (Å²) in [5, 5.41) is 8.03. The van der Waals surface area contributed by atoms with Gasteiger partial charge < -0.3 is 4.74 Å². The molecule has 44 valence electrons. The number of hydrogen-bond acceptors (Lipinski definition) is 3. The number of methoxy groups -OCH3 is 1. The Labute approximate surface area is 52.7 Å². The van der Waals surface area contributed by atoms with E-state index < -0.39 is 0 Å². The topological polar surface area (TPSA) is 45.4 Å². The molecule has 0 aromatic rings. The van der Waals surface area contributed by atoms with Crippen molar-refractivity contribution in [3.63, 3.8) is 0 Å². The molecule has 3 nitrogen and oxygen atoms in total. The number of nitrogens with zero attached hydrogens (tertiary/aromatic N) is 2. The van der Waals surface area contributed by atoms with Crippen LogP contribution in [0.1, 0.15) is 6.42 Å². The molecular formula is C4H5ClN2O. The Morgan fingerprint density at radius 2 is 2.62 bits per heavy atom. The highest BCUT2D eigenvalue weighted by Gasteiger charge is 1.92. The van der Waals surface area contributed by atoms with Crippen molar-refractivity contribution in [1.29, 1.82) is 5.26 Å². The molecule has 0 spiro atoms. The van der Waals surface area contributed by atoms with Gasteiger partial charge in [0, 0.05) is 11.8 Å². The zero-order valence-corrected chi connectivity index (χ0v) is 5.14. The van der Waals surface area contributed by atoms with Gasteiger partial charge in [0.25, 0.3) is 0 Å². The molecule has 0 saturated carbocycles. The summed E-state index contributed by atoms with van der Waals surface area (Å²) in [6.07, 6.45) is 0.125. The molecule has 8 heavy (non-hydrogen) atoms. The molecule has 0 heterocycles. The van der Waals surface area contributed by atoms with Gasteiger partial charge in [-0.05, 0) is 0 Å². The maximum Gasteiger partial charge on any atom is 0.215 e. The van der Waals surface area contributed by atoms with Gasteiger partial charge in [0.1, 0.15) is 6.42 Å². The first-order chi connectivity index (χ1) is 3.85. The van der Waals surface area contributed by atoms with Crippen LogP contribution in [0, 0.1) is 11.3 Å². The predicted octanol–water partition coefficient (Wildman–Crippen LogP) is 1.10. The molecule has 0 rings (SSSR count). The highest BCUT2D eigenvalue weighted by molar-refractivity contribution is 6.19. The third-order valence-electron chi connectivity index (χ3n) is 0.560. The van der Waals surface area contributed by atoms with Gasteiger partial charge in [0.05, 0.1) is 13.2 Å². The monoisotopic (exact) mass is 132 g/mol. The summed E-state index contributed by atoms with van der Waals surface area (Å²) in [5.74, 6) is 0.245. The van der Waals surface area contributed by atoms with Crippen molar-refractivity contribution < 1.29 is 4.74 Å². The fourth-order valence-corrected chi connectivity index (χ4v) is 0.333. The van der Waals surface area contributed by atoms with Crippen LogP contribution in [-0.2, 0) is 4.74 Å². The van der Waals surface area contributed by atoms with Crippen molar-refractivity contribution in [2.45, 2.75) is 6.42 Å². The Morgan fingerprint density at radius 1 is 2.00 bits per heavy atom. The summed E-state index contributed by atoms with van der Waals surface area (Å²) < 4.78 is 7.68. The van der Waals surface area contributed by atoms with Crippen molar-refractivity contribution in [3.8, 4) is 6.07 Å². The Bertz CT molecular complexity index is 126. The van der Waals surface area contributed by atoms with Gasteiger partial charge in [-0.2, -0.15) is 5.26 Å². The minimum absolute atomic E-state index is 0.125. The van der Waals surface area contributed by atoms with Gasteiger partial charge in [-0.3, -0.25) is 0 Å². The maximum absolute atomic E-state index is 8.03. The quantitative estimate of drug-likeness (QED) is 0.396. The van der Waals surface area contributed by atoms with Crippen LogP contribution in [0.3, 0.4) is 0 Å². The number of hydrogen-bond donors (Lipinski definition) is 0. The first-order valence-electron chi connectivity index (χ1n) is 1.94. The van der Waals surface area contributed by atoms with Gasteiger partial charge >= 0.3 is 0 Å². The molecule has 0 aliphatic rings. The fourth-order valence-electron chi connectivity index (χ4n) is 0.204. The van der Waals surface area contributed by atoms with E-state index in [1.807, 2.05) is 6.07 Å². The molecule has 0 amide bonds. The first kappa shape index (κ1) is 7.25. The van der Waals surface area contributed by atoms with Gasteiger partial charge in [-0.1, -0.05) is 0 Å². The van der Waals surface area contributed by atoms with E-state index in [4.69, 9.17) is 17.0 Å². The molecule has 0 aromatic heterocycles. The van der Waals surface area contributed by atoms with Crippen molar-refractivity contribution in [2.75, 3.05) is 7.11 Å². The summed E-state index contributed by atoms with van der Waals surface area (Å²) in [5.41, 5.74) is 0. The zero-order chi connectivity index (χ0) is 6.41. The lowest BCUT2D eigenvalue weighted by atomic mass is 10.5. The molecule has 0 aromatic carbocycles. The van der Waals surface area contributed by atoms with Crippen LogP contribution in [0.2, 0.25) is 0 Å². The van der Waals surface area contributed by atoms with Crippen molar-refractivity contribution in [1.82, 2.24) is 0 Å². The molecule has 4 heteroatoms. The second-order valence-electron chi connectivity index (χ2n) is 1.02. The van der Waals surface area contributed by atoms with E-state index in [9.17, 15) is 0 Å². The largest absolute Gasteiger partial charge is 0.483 e. The van der Waals surface area contributed by atoms with Gasteiger partial charge in [0.15, 0.2) is 0 Å². The SMILES string of the molecule is COC(CC#N)=NCl. The third-order valence-corrected chi connectivity index (χ3v) is 0.749. The molecule has 0 N–H and O–H groups in total. The Morgan fingerprint density at radius 3 is 2.75 bits per heavy atom. The van der Waals surface area contributed by atoms with Gasteiger partial charge in [-0.15, -0.1) is 4.51 Å². The normalized spacial score (nSPS) is 10.4. The zero-order valence-electron chi connectivity index (χ0n) is 4.39. The van der Waals surface area contributed by atoms with Crippen molar-refractivity contribution in [3.05, 3.63) is 0 Å². The molecule has 0 radical (unpaired) electrons. The summed E-state index contributed by atoms with van der Waals surface area (Å²) in [4.78, 5) is 0. The maximum atomic E-state index is 8.03. The highest BCUT2D eigenvalue weighted by Crippen LogP contribution is 1.88. The second-order valence-corrected chi connectivity index (χ2v) is 1.19. The summed E-state index contributed by atoms with van der Waals surface area (Å²) >= 11 is 4.96. The Kier molecular flexibility index (Phi) is 4.00. The van der Waals surface area contributed by atoms with Crippen LogP contribution in [-0.4, -0.2) is 13.0 Å². The average Bonchev–Trinajstić information content (AvgIpc) is 1.83. The van der Waals surface area contributed by atoms with Crippen LogP contribution in [0.5, 0.6) is 0 Å². The minimum Gasteiger partial charge on any atom is -0.483 e. The van der Waals surface area contributed by atoms with E-state index in [2.05, 4.69) is 9.25 Å². The van der Waals surface area contributed by atoms with E-state index >= 15 is 0 Å². The molecule has 0 bridgehead atoms. The fraction of sp³-hybridized carbons (Fsp3) is 0.500. The van der Waals surface area contributed by atoms with Crippen LogP contribution in [0.25, 0.3) is 0 Å². The van der Waals surface area contributed by atoms with Crippen LogP contribution in [0.4, 0.5) is 0 Å². The predicted molar refractivity (Wildman–Crippen MR) is 30.5 cm³/mol. The van der Waals surface area contributed by atoms with E-state index in [1.54, 1.807) is 0 Å². The van der Waals surface area contributed by atoms with E-state index in [0.717, 1.165) is 0 Å². The molecule has 0 atom stereocenters. The average molecular weight is 133 g/mol. The summed E-state index contributed by atoms with van der Waals surface area (Å²) in [6, 6.07) is 1.83. The Balaban J connectivity index is 3.59. The lowest BCUT2D eigenvalue weighted by Gasteiger charge is -1.92. The Hall–Kier alpha value is -0.750. The lowest BCUT2D eigenvalue weighted by Crippen LogP contribution is -1.96. The van der Waals surface area contributed by atoms with Crippen molar-refractivity contribution >= 4 is 17.7 Å². The van der Waals surface area contributed by atoms with Crippen molar-refractivity contribution in [2.24, 2.45) is 4.51 Å². The molecule has 0 aliphatic heterocycles. The van der Waals surface area contributed by atoms with Crippen LogP contribution >= 0.6 is 11.8 Å². The lowest BCUT2D eigenvalue weighted by molar-refractivity contribution is 0.397. The number of ether oxygens (including phenoxy) is 1. The number of nitriles is 1. The van der Waals surface area contributed by atoms with Crippen LogP contribution in [0.15, 0.2) is 4.51 Å². The molecule has 0 aliphatic carbocycles. The standard InChI is InChI=1S/C4H5ClN2O/c1-8-4(7-5)2-3-6/h2H2,1H3. The number of halogens is 1. The highest BCUT2D eigenvalue weighted by atomic mass is 35.5. The van der Waals surface area contributed by atoms with E-state index in [1.165, 1.54) is 7.11 Å². The van der Waals surface area contributed by atoms with E-state index in [0.29, 0.717) is 0 Å². The molecule has 0 fully saturated rings. The molecule has 0 saturated heterocycles. The number of rotatable bonds is 1. The second kappa shape index (κ2) is 4.41. The summed E-state index contributed by atoms with van der Waals surface area (Å²) in [6.45, 7) is 0. The van der Waals surface area contributed by atoms with E-state index in [-0.39, 0.29) is 12.3 Å².